The molecule has 0 N–H and O–H groups in total. The second-order valence-electron chi connectivity index (χ2n) is 4.20. The number of anilines is 1. The topological polar surface area (TPSA) is 50.3 Å². The number of carbonyl (C=O) groups is 2. The monoisotopic (exact) mass is 284 g/mol. The Kier molecular flexibility index (Phi) is 4.24. The SMILES string of the molecule is CC(=O)SCC1CC(=O)N(c2ccncc2Cl)C1. The quantitative estimate of drug-likeness (QED) is 0.855. The molecule has 0 aromatic carbocycles. The van der Waals surface area contributed by atoms with Crippen LogP contribution >= 0.6 is 23.4 Å². The van der Waals surface area contributed by atoms with E-state index in [0.717, 1.165) is 0 Å². The average Bonchev–Trinajstić information content (AvgIpc) is 2.69. The highest BCUT2D eigenvalue weighted by Crippen LogP contribution is 2.31. The third kappa shape index (κ3) is 3.03. The highest BCUT2D eigenvalue weighted by molar-refractivity contribution is 8.13. The minimum Gasteiger partial charge on any atom is -0.310 e. The van der Waals surface area contributed by atoms with Gasteiger partial charge in [-0.05, 0) is 12.0 Å². The predicted molar refractivity (Wildman–Crippen MR) is 72.8 cm³/mol. The van der Waals surface area contributed by atoms with Crippen molar-refractivity contribution in [3.63, 3.8) is 0 Å². The maximum absolute atomic E-state index is 11.9. The van der Waals surface area contributed by atoms with E-state index in [1.165, 1.54) is 18.0 Å². The fraction of sp³-hybridized carbons (Fsp3) is 0.417. The summed E-state index contributed by atoms with van der Waals surface area (Å²) in [5.74, 6) is 0.938. The molecule has 1 fully saturated rings. The standard InChI is InChI=1S/C12H13ClN2O2S/c1-8(16)18-7-9-4-12(17)15(6-9)11-2-3-14-5-10(11)13/h2-3,5,9H,4,6-7H2,1H3. The number of aromatic nitrogens is 1. The van der Waals surface area contributed by atoms with Crippen molar-refractivity contribution in [3.05, 3.63) is 23.5 Å². The molecule has 1 saturated heterocycles. The smallest absolute Gasteiger partial charge is 0.227 e. The van der Waals surface area contributed by atoms with Gasteiger partial charge in [-0.2, -0.15) is 0 Å². The number of amides is 1. The van der Waals surface area contributed by atoms with Crippen LogP contribution in [0.5, 0.6) is 0 Å². The van der Waals surface area contributed by atoms with Gasteiger partial charge in [0.05, 0.1) is 10.7 Å². The lowest BCUT2D eigenvalue weighted by molar-refractivity contribution is -0.117. The molecule has 6 heteroatoms. The molecule has 0 saturated carbocycles. The van der Waals surface area contributed by atoms with E-state index in [9.17, 15) is 9.59 Å². The van der Waals surface area contributed by atoms with Crippen LogP contribution in [-0.2, 0) is 9.59 Å². The molecular formula is C12H13ClN2O2S. The third-order valence-corrected chi connectivity index (χ3v) is 4.11. The Hall–Kier alpha value is -1.07. The summed E-state index contributed by atoms with van der Waals surface area (Å²) in [7, 11) is 0. The zero-order valence-electron chi connectivity index (χ0n) is 9.93. The zero-order chi connectivity index (χ0) is 13.1. The van der Waals surface area contributed by atoms with Gasteiger partial charge in [-0.1, -0.05) is 23.4 Å². The van der Waals surface area contributed by atoms with E-state index in [4.69, 9.17) is 11.6 Å². The van der Waals surface area contributed by atoms with Crippen molar-refractivity contribution < 1.29 is 9.59 Å². The van der Waals surface area contributed by atoms with E-state index in [1.54, 1.807) is 24.1 Å². The first kappa shape index (κ1) is 13.4. The fourth-order valence-electron chi connectivity index (χ4n) is 1.95. The highest BCUT2D eigenvalue weighted by Gasteiger charge is 2.31. The Morgan fingerprint density at radius 2 is 2.44 bits per heavy atom. The van der Waals surface area contributed by atoms with Gasteiger partial charge in [-0.25, -0.2) is 0 Å². The van der Waals surface area contributed by atoms with Crippen LogP contribution in [0, 0.1) is 5.92 Å². The molecule has 0 spiro atoms. The maximum atomic E-state index is 11.9. The van der Waals surface area contributed by atoms with E-state index in [1.807, 2.05) is 0 Å². The van der Waals surface area contributed by atoms with Crippen LogP contribution in [0.15, 0.2) is 18.5 Å². The van der Waals surface area contributed by atoms with Crippen molar-refractivity contribution in [1.29, 1.82) is 0 Å². The summed E-state index contributed by atoms with van der Waals surface area (Å²) in [6.45, 7) is 2.15. The molecule has 18 heavy (non-hydrogen) atoms. The average molecular weight is 285 g/mol. The number of rotatable bonds is 3. The maximum Gasteiger partial charge on any atom is 0.227 e. The second-order valence-corrected chi connectivity index (χ2v) is 5.81. The van der Waals surface area contributed by atoms with Crippen molar-refractivity contribution in [3.8, 4) is 0 Å². The first-order chi connectivity index (χ1) is 8.58. The molecule has 1 aliphatic rings. The molecule has 4 nitrogen and oxygen atoms in total. The van der Waals surface area contributed by atoms with E-state index in [2.05, 4.69) is 4.98 Å². The van der Waals surface area contributed by atoms with Crippen LogP contribution in [0.1, 0.15) is 13.3 Å². The van der Waals surface area contributed by atoms with Crippen molar-refractivity contribution in [2.45, 2.75) is 13.3 Å². The molecule has 96 valence electrons. The van der Waals surface area contributed by atoms with Crippen LogP contribution in [0.25, 0.3) is 0 Å². The number of thioether (sulfide) groups is 1. The number of pyridine rings is 1. The van der Waals surface area contributed by atoms with Crippen molar-refractivity contribution >= 4 is 40.1 Å². The van der Waals surface area contributed by atoms with Gasteiger partial charge in [-0.15, -0.1) is 0 Å². The molecule has 0 radical (unpaired) electrons. The van der Waals surface area contributed by atoms with Crippen molar-refractivity contribution in [2.75, 3.05) is 17.2 Å². The van der Waals surface area contributed by atoms with E-state index >= 15 is 0 Å². The summed E-state index contributed by atoms with van der Waals surface area (Å²) in [4.78, 5) is 28.4. The van der Waals surface area contributed by atoms with Gasteiger partial charge in [-0.3, -0.25) is 14.6 Å². The van der Waals surface area contributed by atoms with Gasteiger partial charge in [0.25, 0.3) is 0 Å². The van der Waals surface area contributed by atoms with Crippen molar-refractivity contribution in [2.24, 2.45) is 5.92 Å². The van der Waals surface area contributed by atoms with Gasteiger partial charge >= 0.3 is 0 Å². The van der Waals surface area contributed by atoms with Crippen LogP contribution in [0.4, 0.5) is 5.69 Å². The molecule has 2 heterocycles. The molecule has 1 unspecified atom stereocenters. The second kappa shape index (κ2) is 5.71. The molecule has 0 bridgehead atoms. The summed E-state index contributed by atoms with van der Waals surface area (Å²) < 4.78 is 0. The molecule has 2 rings (SSSR count). The third-order valence-electron chi connectivity index (χ3n) is 2.77. The summed E-state index contributed by atoms with van der Waals surface area (Å²) in [6, 6.07) is 1.74. The number of nitrogens with zero attached hydrogens (tertiary/aromatic N) is 2. The summed E-state index contributed by atoms with van der Waals surface area (Å²) in [5.41, 5.74) is 0.701. The van der Waals surface area contributed by atoms with Crippen LogP contribution < -0.4 is 4.90 Å². The molecule has 1 aromatic rings. The Morgan fingerprint density at radius 3 is 3.11 bits per heavy atom. The molecule has 1 atom stereocenters. The Labute approximate surface area is 115 Å². The number of hydrogen-bond acceptors (Lipinski definition) is 4. The van der Waals surface area contributed by atoms with Gasteiger partial charge in [0.15, 0.2) is 5.12 Å². The largest absolute Gasteiger partial charge is 0.310 e. The Bertz CT molecular complexity index is 481. The molecular weight excluding hydrogens is 272 g/mol. The number of halogens is 1. The van der Waals surface area contributed by atoms with E-state index in [-0.39, 0.29) is 16.9 Å². The Balaban J connectivity index is 2.06. The first-order valence-corrected chi connectivity index (χ1v) is 6.97. The molecule has 1 amide bonds. The normalized spacial score (nSPS) is 19.3. The molecule has 1 aromatic heterocycles. The minimum atomic E-state index is 0.0530. The lowest BCUT2D eigenvalue weighted by Gasteiger charge is -2.17. The van der Waals surface area contributed by atoms with Crippen molar-refractivity contribution in [1.82, 2.24) is 4.98 Å². The Morgan fingerprint density at radius 1 is 1.67 bits per heavy atom. The lowest BCUT2D eigenvalue weighted by Crippen LogP contribution is -2.25. The first-order valence-electron chi connectivity index (χ1n) is 5.61. The molecule has 0 aliphatic carbocycles. The van der Waals surface area contributed by atoms with Crippen LogP contribution in [0.2, 0.25) is 5.02 Å². The zero-order valence-corrected chi connectivity index (χ0v) is 11.5. The highest BCUT2D eigenvalue weighted by atomic mass is 35.5. The summed E-state index contributed by atoms with van der Waals surface area (Å²) in [5, 5.41) is 0.563. The lowest BCUT2D eigenvalue weighted by atomic mass is 10.1. The van der Waals surface area contributed by atoms with Gasteiger partial charge < -0.3 is 4.90 Å². The minimum absolute atomic E-state index is 0.0530. The van der Waals surface area contributed by atoms with Gasteiger partial charge in [0, 0.05) is 38.0 Å². The fourth-order valence-corrected chi connectivity index (χ4v) is 2.86. The number of carbonyl (C=O) groups excluding carboxylic acids is 2. The van der Waals surface area contributed by atoms with E-state index in [0.29, 0.717) is 29.4 Å². The van der Waals surface area contributed by atoms with Gasteiger partial charge in [0.2, 0.25) is 5.91 Å². The van der Waals surface area contributed by atoms with Crippen LogP contribution in [-0.4, -0.2) is 28.3 Å². The predicted octanol–water partition coefficient (Wildman–Crippen LogP) is 2.37. The van der Waals surface area contributed by atoms with E-state index < -0.39 is 0 Å². The summed E-state index contributed by atoms with van der Waals surface area (Å²) in [6.07, 6.45) is 3.62. The van der Waals surface area contributed by atoms with Crippen LogP contribution in [0.3, 0.4) is 0 Å². The van der Waals surface area contributed by atoms with Gasteiger partial charge in [0.1, 0.15) is 0 Å². The molecule has 1 aliphatic heterocycles. The summed E-state index contributed by atoms with van der Waals surface area (Å²) >= 11 is 7.30. The number of hydrogen-bond donors (Lipinski definition) is 0.